The molecule has 1 heterocycles. The van der Waals surface area contributed by atoms with Crippen molar-refractivity contribution in [2.45, 2.75) is 6.42 Å². The Morgan fingerprint density at radius 3 is 3.00 bits per heavy atom. The van der Waals surface area contributed by atoms with E-state index >= 15 is 0 Å². The molecule has 2 aromatic carbocycles. The minimum absolute atomic E-state index is 0.102. The van der Waals surface area contributed by atoms with Crippen LogP contribution in [0.3, 0.4) is 0 Å². The predicted molar refractivity (Wildman–Crippen MR) is 77.8 cm³/mol. The maximum atomic E-state index is 12.0. The Balaban J connectivity index is 1.72. The van der Waals surface area contributed by atoms with E-state index in [1.54, 1.807) is 30.3 Å². The van der Waals surface area contributed by atoms with Gasteiger partial charge in [-0.15, -0.1) is 0 Å². The number of aromatic nitrogens is 1. The zero-order valence-corrected chi connectivity index (χ0v) is 11.2. The predicted octanol–water partition coefficient (Wildman–Crippen LogP) is 3.66. The smallest absolute Gasteiger partial charge is 0.228 e. The number of rotatable bonds is 3. The van der Waals surface area contributed by atoms with Crippen LogP contribution in [0.5, 0.6) is 0 Å². The quantitative estimate of drug-likeness (QED) is 0.799. The first-order valence-corrected chi connectivity index (χ1v) is 6.46. The third-order valence-corrected chi connectivity index (χ3v) is 3.10. The summed E-state index contributed by atoms with van der Waals surface area (Å²) in [5, 5.41) is 3.45. The first-order chi connectivity index (χ1) is 9.70. The number of carbonyl (C=O) groups is 1. The monoisotopic (exact) mass is 286 g/mol. The average Bonchev–Trinajstić information content (AvgIpc) is 2.86. The normalized spacial score (nSPS) is 10.7. The Kier molecular flexibility index (Phi) is 3.39. The van der Waals surface area contributed by atoms with Crippen molar-refractivity contribution in [1.29, 1.82) is 0 Å². The van der Waals surface area contributed by atoms with Crippen LogP contribution in [0.25, 0.3) is 11.1 Å². The number of halogens is 1. The van der Waals surface area contributed by atoms with Crippen molar-refractivity contribution in [2.75, 3.05) is 5.32 Å². The summed E-state index contributed by atoms with van der Waals surface area (Å²) in [6.45, 7) is 0. The van der Waals surface area contributed by atoms with Crippen LogP contribution >= 0.6 is 11.6 Å². The van der Waals surface area contributed by atoms with E-state index in [-0.39, 0.29) is 12.3 Å². The second-order valence-electron chi connectivity index (χ2n) is 4.39. The molecule has 0 radical (unpaired) electrons. The van der Waals surface area contributed by atoms with E-state index in [9.17, 15) is 4.79 Å². The maximum absolute atomic E-state index is 12.0. The van der Waals surface area contributed by atoms with Gasteiger partial charge in [-0.05, 0) is 35.9 Å². The minimum Gasteiger partial charge on any atom is -0.443 e. The Bertz CT molecular complexity index is 767. The molecule has 0 aliphatic rings. The molecule has 0 saturated carbocycles. The highest BCUT2D eigenvalue weighted by Gasteiger charge is 2.06. The fourth-order valence-electron chi connectivity index (χ4n) is 1.97. The third-order valence-electron chi connectivity index (χ3n) is 2.87. The highest BCUT2D eigenvalue weighted by atomic mass is 35.5. The Morgan fingerprint density at radius 2 is 2.15 bits per heavy atom. The van der Waals surface area contributed by atoms with E-state index in [0.29, 0.717) is 21.8 Å². The fraction of sp³-hybridized carbons (Fsp3) is 0.0667. The molecule has 0 aliphatic carbocycles. The van der Waals surface area contributed by atoms with Crippen molar-refractivity contribution in [2.24, 2.45) is 0 Å². The molecule has 1 amide bonds. The first kappa shape index (κ1) is 12.7. The van der Waals surface area contributed by atoms with Crippen molar-refractivity contribution in [3.8, 4) is 0 Å². The number of oxazole rings is 1. The van der Waals surface area contributed by atoms with E-state index in [1.807, 2.05) is 12.1 Å². The zero-order valence-electron chi connectivity index (χ0n) is 10.5. The van der Waals surface area contributed by atoms with Gasteiger partial charge < -0.3 is 9.73 Å². The Morgan fingerprint density at radius 1 is 1.25 bits per heavy atom. The van der Waals surface area contributed by atoms with Gasteiger partial charge in [-0.3, -0.25) is 4.79 Å². The van der Waals surface area contributed by atoms with Gasteiger partial charge in [0.15, 0.2) is 12.0 Å². The van der Waals surface area contributed by atoms with Crippen molar-refractivity contribution in [3.63, 3.8) is 0 Å². The number of nitrogens with one attached hydrogen (secondary N) is 1. The van der Waals surface area contributed by atoms with Crippen LogP contribution in [-0.2, 0) is 11.2 Å². The molecule has 3 aromatic rings. The van der Waals surface area contributed by atoms with Crippen LogP contribution < -0.4 is 5.32 Å². The van der Waals surface area contributed by atoms with E-state index in [4.69, 9.17) is 16.0 Å². The summed E-state index contributed by atoms with van der Waals surface area (Å²) in [7, 11) is 0. The van der Waals surface area contributed by atoms with Crippen LogP contribution in [0.15, 0.2) is 53.3 Å². The molecule has 0 saturated heterocycles. The van der Waals surface area contributed by atoms with Crippen LogP contribution in [0.1, 0.15) is 5.56 Å². The zero-order chi connectivity index (χ0) is 13.9. The lowest BCUT2D eigenvalue weighted by atomic mass is 10.1. The van der Waals surface area contributed by atoms with Crippen molar-refractivity contribution >= 4 is 34.3 Å². The number of fused-ring (bicyclic) bond motifs is 1. The number of hydrogen-bond acceptors (Lipinski definition) is 3. The second kappa shape index (κ2) is 5.35. The minimum atomic E-state index is -0.102. The summed E-state index contributed by atoms with van der Waals surface area (Å²) in [5.41, 5.74) is 2.97. The van der Waals surface area contributed by atoms with E-state index < -0.39 is 0 Å². The standard InChI is InChI=1S/C15H11ClN2O2/c16-11-3-1-2-10(6-11)7-15(19)18-12-4-5-14-13(8-12)17-9-20-14/h1-6,8-9H,7H2,(H,18,19). The van der Waals surface area contributed by atoms with Gasteiger partial charge in [-0.25, -0.2) is 4.98 Å². The summed E-state index contributed by atoms with van der Waals surface area (Å²) in [6, 6.07) is 12.6. The molecule has 100 valence electrons. The molecule has 0 bridgehead atoms. The fourth-order valence-corrected chi connectivity index (χ4v) is 2.19. The molecule has 0 fully saturated rings. The SMILES string of the molecule is O=C(Cc1cccc(Cl)c1)Nc1ccc2ocnc2c1. The largest absolute Gasteiger partial charge is 0.443 e. The number of hydrogen-bond donors (Lipinski definition) is 1. The van der Waals surface area contributed by atoms with Crippen LogP contribution in [0, 0.1) is 0 Å². The van der Waals surface area contributed by atoms with Crippen LogP contribution in [0.4, 0.5) is 5.69 Å². The molecule has 0 aliphatic heterocycles. The van der Waals surface area contributed by atoms with Crippen molar-refractivity contribution < 1.29 is 9.21 Å². The van der Waals surface area contributed by atoms with Gasteiger partial charge in [-0.1, -0.05) is 23.7 Å². The van der Waals surface area contributed by atoms with Crippen LogP contribution in [-0.4, -0.2) is 10.9 Å². The average molecular weight is 287 g/mol. The number of carbonyl (C=O) groups excluding carboxylic acids is 1. The van der Waals surface area contributed by atoms with E-state index in [0.717, 1.165) is 5.56 Å². The van der Waals surface area contributed by atoms with Gasteiger partial charge in [0.2, 0.25) is 5.91 Å². The Hall–Kier alpha value is -2.33. The van der Waals surface area contributed by atoms with Gasteiger partial charge in [0, 0.05) is 10.7 Å². The molecule has 1 N–H and O–H groups in total. The van der Waals surface area contributed by atoms with Gasteiger partial charge >= 0.3 is 0 Å². The third kappa shape index (κ3) is 2.81. The topological polar surface area (TPSA) is 55.1 Å². The summed E-state index contributed by atoms with van der Waals surface area (Å²) >= 11 is 5.89. The highest BCUT2D eigenvalue weighted by molar-refractivity contribution is 6.30. The lowest BCUT2D eigenvalue weighted by Gasteiger charge is -2.05. The lowest BCUT2D eigenvalue weighted by molar-refractivity contribution is -0.115. The molecule has 1 aromatic heterocycles. The maximum Gasteiger partial charge on any atom is 0.228 e. The molecule has 5 heteroatoms. The Labute approximate surface area is 120 Å². The van der Waals surface area contributed by atoms with Gasteiger partial charge in [0.25, 0.3) is 0 Å². The summed E-state index contributed by atoms with van der Waals surface area (Å²) in [6.07, 6.45) is 1.65. The highest BCUT2D eigenvalue weighted by Crippen LogP contribution is 2.18. The molecule has 0 spiro atoms. The molecule has 4 nitrogen and oxygen atoms in total. The first-order valence-electron chi connectivity index (χ1n) is 6.08. The summed E-state index contributed by atoms with van der Waals surface area (Å²) in [5.74, 6) is -0.102. The summed E-state index contributed by atoms with van der Waals surface area (Å²) < 4.78 is 5.15. The van der Waals surface area contributed by atoms with E-state index in [1.165, 1.54) is 6.39 Å². The van der Waals surface area contributed by atoms with E-state index in [2.05, 4.69) is 10.3 Å². The molecule has 0 atom stereocenters. The number of benzene rings is 2. The summed E-state index contributed by atoms with van der Waals surface area (Å²) in [4.78, 5) is 16.0. The number of nitrogens with zero attached hydrogens (tertiary/aromatic N) is 1. The second-order valence-corrected chi connectivity index (χ2v) is 4.83. The number of anilines is 1. The van der Waals surface area contributed by atoms with Crippen LogP contribution in [0.2, 0.25) is 5.02 Å². The molecule has 3 rings (SSSR count). The molecule has 0 unspecified atom stereocenters. The van der Waals surface area contributed by atoms with Crippen molar-refractivity contribution in [1.82, 2.24) is 4.98 Å². The van der Waals surface area contributed by atoms with Gasteiger partial charge in [0.1, 0.15) is 5.52 Å². The molecule has 20 heavy (non-hydrogen) atoms. The molecular formula is C15H11ClN2O2. The molecular weight excluding hydrogens is 276 g/mol. The van der Waals surface area contributed by atoms with Crippen molar-refractivity contribution in [3.05, 3.63) is 59.4 Å². The lowest BCUT2D eigenvalue weighted by Crippen LogP contribution is -2.14. The number of amides is 1. The van der Waals surface area contributed by atoms with Gasteiger partial charge in [-0.2, -0.15) is 0 Å². The van der Waals surface area contributed by atoms with Gasteiger partial charge in [0.05, 0.1) is 6.42 Å².